The van der Waals surface area contributed by atoms with Crippen molar-refractivity contribution < 1.29 is 28.2 Å². The number of amides is 2. The molecule has 2 amide bonds. The number of methoxy groups -OCH3 is 2. The standard InChI is InChI=1S/C27H28N2O6/c1-27(2)16-23(21-14-19(33-4)11-12-24(21)35-27)29-26(31)22(15-20-6-5-13-34-20)28-25(30)17-7-9-18(32-3)10-8-17/h5-15,23H,16H2,1-4H3,(H,28,30)(H,29,31)/b22-15-/t23-/m1/s1. The maximum atomic E-state index is 13.5. The molecule has 1 atom stereocenters. The lowest BCUT2D eigenvalue weighted by Crippen LogP contribution is -2.43. The van der Waals surface area contributed by atoms with Gasteiger partial charge in [-0.3, -0.25) is 9.59 Å². The number of carbonyl (C=O) groups excluding carboxylic acids is 2. The second kappa shape index (κ2) is 9.97. The minimum absolute atomic E-state index is 0.0505. The van der Waals surface area contributed by atoms with Gasteiger partial charge in [-0.1, -0.05) is 0 Å². The van der Waals surface area contributed by atoms with E-state index in [1.165, 1.54) is 12.3 Å². The molecule has 0 radical (unpaired) electrons. The van der Waals surface area contributed by atoms with Crippen molar-refractivity contribution in [3.05, 3.63) is 83.4 Å². The molecule has 2 heterocycles. The van der Waals surface area contributed by atoms with Crippen LogP contribution in [0.3, 0.4) is 0 Å². The Morgan fingerprint density at radius 1 is 1.03 bits per heavy atom. The number of furan rings is 1. The third-order valence-corrected chi connectivity index (χ3v) is 5.65. The summed E-state index contributed by atoms with van der Waals surface area (Å²) >= 11 is 0. The summed E-state index contributed by atoms with van der Waals surface area (Å²) in [6.07, 6.45) is 3.52. The number of benzene rings is 2. The monoisotopic (exact) mass is 476 g/mol. The van der Waals surface area contributed by atoms with Crippen molar-refractivity contribution in [2.45, 2.75) is 31.9 Å². The van der Waals surface area contributed by atoms with E-state index in [2.05, 4.69) is 10.6 Å². The Bertz CT molecular complexity index is 1230. The zero-order chi connectivity index (χ0) is 25.0. The van der Waals surface area contributed by atoms with Crippen LogP contribution in [0.25, 0.3) is 6.08 Å². The van der Waals surface area contributed by atoms with Crippen molar-refractivity contribution in [1.29, 1.82) is 0 Å². The summed E-state index contributed by atoms with van der Waals surface area (Å²) in [5, 5.41) is 5.77. The number of rotatable bonds is 7. The Labute approximate surface area is 203 Å². The van der Waals surface area contributed by atoms with Crippen LogP contribution >= 0.6 is 0 Å². The highest BCUT2D eigenvalue weighted by Crippen LogP contribution is 2.41. The van der Waals surface area contributed by atoms with E-state index in [1.54, 1.807) is 50.6 Å². The first-order valence-electron chi connectivity index (χ1n) is 11.2. The van der Waals surface area contributed by atoms with E-state index in [1.807, 2.05) is 32.0 Å². The van der Waals surface area contributed by atoms with Gasteiger partial charge >= 0.3 is 0 Å². The van der Waals surface area contributed by atoms with E-state index in [9.17, 15) is 9.59 Å². The highest BCUT2D eigenvalue weighted by molar-refractivity contribution is 6.05. The molecule has 2 N–H and O–H groups in total. The van der Waals surface area contributed by atoms with Gasteiger partial charge in [0.2, 0.25) is 0 Å². The second-order valence-electron chi connectivity index (χ2n) is 8.75. The van der Waals surface area contributed by atoms with E-state index in [4.69, 9.17) is 18.6 Å². The molecule has 0 saturated carbocycles. The summed E-state index contributed by atoms with van der Waals surface area (Å²) < 4.78 is 22.0. The normalized spacial score (nSPS) is 16.5. The summed E-state index contributed by atoms with van der Waals surface area (Å²) in [7, 11) is 3.14. The zero-order valence-electron chi connectivity index (χ0n) is 20.1. The number of ether oxygens (including phenoxy) is 3. The molecular weight excluding hydrogens is 448 g/mol. The van der Waals surface area contributed by atoms with Crippen molar-refractivity contribution in [3.63, 3.8) is 0 Å². The van der Waals surface area contributed by atoms with Crippen LogP contribution in [-0.2, 0) is 4.79 Å². The van der Waals surface area contributed by atoms with Gasteiger partial charge in [-0.15, -0.1) is 0 Å². The number of nitrogens with one attached hydrogen (secondary N) is 2. The molecule has 1 aliphatic rings. The summed E-state index contributed by atoms with van der Waals surface area (Å²) in [5.41, 5.74) is 0.730. The minimum Gasteiger partial charge on any atom is -0.497 e. The van der Waals surface area contributed by atoms with E-state index in [-0.39, 0.29) is 11.7 Å². The number of carbonyl (C=O) groups is 2. The average Bonchev–Trinajstić information content (AvgIpc) is 3.36. The van der Waals surface area contributed by atoms with Gasteiger partial charge in [0.25, 0.3) is 11.8 Å². The second-order valence-corrected chi connectivity index (χ2v) is 8.75. The minimum atomic E-state index is -0.503. The third-order valence-electron chi connectivity index (χ3n) is 5.65. The molecule has 182 valence electrons. The number of hydrogen-bond acceptors (Lipinski definition) is 6. The molecular formula is C27H28N2O6. The largest absolute Gasteiger partial charge is 0.497 e. The van der Waals surface area contributed by atoms with Gasteiger partial charge in [0, 0.05) is 23.6 Å². The fourth-order valence-corrected chi connectivity index (χ4v) is 3.94. The Hall–Kier alpha value is -4.20. The maximum Gasteiger partial charge on any atom is 0.268 e. The van der Waals surface area contributed by atoms with Crippen LogP contribution in [0.15, 0.2) is 71.0 Å². The summed E-state index contributed by atoms with van der Waals surface area (Å²) in [6.45, 7) is 3.93. The molecule has 0 unspecified atom stereocenters. The molecule has 2 aromatic carbocycles. The van der Waals surface area contributed by atoms with Crippen molar-refractivity contribution in [2.75, 3.05) is 14.2 Å². The first-order valence-corrected chi connectivity index (χ1v) is 11.2. The van der Waals surface area contributed by atoms with Gasteiger partial charge in [0.15, 0.2) is 0 Å². The molecule has 4 rings (SSSR count). The lowest BCUT2D eigenvalue weighted by Gasteiger charge is -2.38. The lowest BCUT2D eigenvalue weighted by atomic mass is 9.89. The highest BCUT2D eigenvalue weighted by atomic mass is 16.5. The lowest BCUT2D eigenvalue weighted by molar-refractivity contribution is -0.119. The third kappa shape index (κ3) is 5.66. The molecule has 0 spiro atoms. The average molecular weight is 477 g/mol. The smallest absolute Gasteiger partial charge is 0.268 e. The van der Waals surface area contributed by atoms with Gasteiger partial charge < -0.3 is 29.3 Å². The van der Waals surface area contributed by atoms with Crippen LogP contribution < -0.4 is 24.8 Å². The SMILES string of the molecule is COc1ccc(C(=O)N/C(=C\c2ccco2)C(=O)N[C@@H]2CC(C)(C)Oc3ccc(OC)cc32)cc1. The predicted molar refractivity (Wildman–Crippen MR) is 130 cm³/mol. The van der Waals surface area contributed by atoms with Crippen LogP contribution in [0.2, 0.25) is 0 Å². The molecule has 0 bridgehead atoms. The molecule has 8 heteroatoms. The van der Waals surface area contributed by atoms with Crippen LogP contribution in [-0.4, -0.2) is 31.6 Å². The van der Waals surface area contributed by atoms with E-state index < -0.39 is 17.4 Å². The van der Waals surface area contributed by atoms with Crippen molar-refractivity contribution in [3.8, 4) is 17.2 Å². The van der Waals surface area contributed by atoms with Gasteiger partial charge in [0.05, 0.1) is 26.5 Å². The Morgan fingerprint density at radius 3 is 2.40 bits per heavy atom. The first kappa shape index (κ1) is 23.9. The topological polar surface area (TPSA) is 99.0 Å². The van der Waals surface area contributed by atoms with E-state index in [0.29, 0.717) is 35.0 Å². The summed E-state index contributed by atoms with van der Waals surface area (Å²) in [4.78, 5) is 26.4. The van der Waals surface area contributed by atoms with Gasteiger partial charge in [-0.2, -0.15) is 0 Å². The first-order chi connectivity index (χ1) is 16.8. The van der Waals surface area contributed by atoms with Gasteiger partial charge in [0.1, 0.15) is 34.3 Å². The van der Waals surface area contributed by atoms with Crippen LogP contribution in [0.4, 0.5) is 0 Å². The number of fused-ring (bicyclic) bond motifs is 1. The van der Waals surface area contributed by atoms with E-state index >= 15 is 0 Å². The Morgan fingerprint density at radius 2 is 1.74 bits per heavy atom. The molecule has 0 saturated heterocycles. The Balaban J connectivity index is 1.61. The maximum absolute atomic E-state index is 13.5. The van der Waals surface area contributed by atoms with Crippen molar-refractivity contribution in [2.24, 2.45) is 0 Å². The summed E-state index contributed by atoms with van der Waals surface area (Å²) in [5.74, 6) is 1.49. The molecule has 35 heavy (non-hydrogen) atoms. The summed E-state index contributed by atoms with van der Waals surface area (Å²) in [6, 6.07) is 15.1. The zero-order valence-corrected chi connectivity index (χ0v) is 20.1. The molecule has 8 nitrogen and oxygen atoms in total. The fraction of sp³-hybridized carbons (Fsp3) is 0.259. The van der Waals surface area contributed by atoms with Crippen molar-refractivity contribution >= 4 is 17.9 Å². The van der Waals surface area contributed by atoms with Crippen LogP contribution in [0, 0.1) is 0 Å². The molecule has 0 fully saturated rings. The molecule has 1 aromatic heterocycles. The quantitative estimate of drug-likeness (QED) is 0.488. The predicted octanol–water partition coefficient (Wildman–Crippen LogP) is 4.49. The number of hydrogen-bond donors (Lipinski definition) is 2. The van der Waals surface area contributed by atoms with Gasteiger partial charge in [-0.05, 0) is 68.4 Å². The van der Waals surface area contributed by atoms with Crippen molar-refractivity contribution in [1.82, 2.24) is 10.6 Å². The molecule has 3 aromatic rings. The highest BCUT2D eigenvalue weighted by Gasteiger charge is 2.35. The molecule has 1 aliphatic heterocycles. The van der Waals surface area contributed by atoms with E-state index in [0.717, 1.165) is 5.56 Å². The molecule has 0 aliphatic carbocycles. The Kier molecular flexibility index (Phi) is 6.82. The van der Waals surface area contributed by atoms with Crippen LogP contribution in [0.1, 0.15) is 48.0 Å². The van der Waals surface area contributed by atoms with Gasteiger partial charge in [-0.25, -0.2) is 0 Å². The fourth-order valence-electron chi connectivity index (χ4n) is 3.94. The van der Waals surface area contributed by atoms with Crippen LogP contribution in [0.5, 0.6) is 17.2 Å².